The number of fused-ring (bicyclic) bond motifs is 1. The highest BCUT2D eigenvalue weighted by Gasteiger charge is 2.74. The largest absolute Gasteiger partial charge is 0.453 e. The zero-order chi connectivity index (χ0) is 43.7. The highest BCUT2D eigenvalue weighted by molar-refractivity contribution is 6.33. The first-order valence-corrected chi connectivity index (χ1v) is 22.3. The molecule has 0 saturated heterocycles. The van der Waals surface area contributed by atoms with Gasteiger partial charge in [0.15, 0.2) is 5.76 Å². The summed E-state index contributed by atoms with van der Waals surface area (Å²) in [6.45, 7) is 6.09. The molecule has 7 nitrogen and oxygen atoms in total. The average Bonchev–Trinajstić information content (AvgIpc) is 3.83. The maximum Gasteiger partial charge on any atom is 0.416 e. The van der Waals surface area contributed by atoms with E-state index in [9.17, 15) is 28.5 Å². The van der Waals surface area contributed by atoms with Gasteiger partial charge >= 0.3 is 6.18 Å². The van der Waals surface area contributed by atoms with Crippen LogP contribution in [0, 0.1) is 33.5 Å². The summed E-state index contributed by atoms with van der Waals surface area (Å²) in [6, 6.07) is 25.9. The lowest BCUT2D eigenvalue weighted by Gasteiger charge is -2.71. The van der Waals surface area contributed by atoms with Gasteiger partial charge in [-0.2, -0.15) is 13.2 Å². The molecule has 9 unspecified atom stereocenters. The number of furan rings is 1. The molecule has 0 aliphatic heterocycles. The van der Waals surface area contributed by atoms with Gasteiger partial charge in [0.1, 0.15) is 5.76 Å². The van der Waals surface area contributed by atoms with Crippen LogP contribution in [0.4, 0.5) is 13.2 Å². The Labute approximate surface area is 366 Å². The maximum absolute atomic E-state index is 15.2. The number of aliphatic hydroxyl groups excluding tert-OH is 2. The normalized spacial score (nSPS) is 32.9. The topological polar surface area (TPSA) is 103 Å². The highest BCUT2D eigenvalue weighted by Crippen LogP contribution is 2.78. The first-order valence-electron chi connectivity index (χ1n) is 21.9. The van der Waals surface area contributed by atoms with Gasteiger partial charge in [-0.15, -0.1) is 0 Å². The molecule has 0 radical (unpaired) electrons. The van der Waals surface area contributed by atoms with Crippen molar-refractivity contribution >= 4 is 17.4 Å². The van der Waals surface area contributed by atoms with Crippen LogP contribution < -0.4 is 0 Å². The van der Waals surface area contributed by atoms with E-state index in [2.05, 4.69) is 37.0 Å². The number of benzene rings is 3. The number of aliphatic hydroxyl groups is 3. The second-order valence-electron chi connectivity index (χ2n) is 19.3. The molecule has 10 rings (SSSR count). The van der Waals surface area contributed by atoms with Crippen LogP contribution >= 0.6 is 11.6 Å². The molecular formula is C51H55ClF3NO6. The molecule has 6 aliphatic rings. The first kappa shape index (κ1) is 43.2. The molecule has 62 heavy (non-hydrogen) atoms. The number of carbonyl (C=O) groups is 1. The minimum atomic E-state index is -4.60. The maximum atomic E-state index is 15.2. The van der Waals surface area contributed by atoms with Gasteiger partial charge in [-0.3, -0.25) is 9.69 Å². The van der Waals surface area contributed by atoms with Crippen LogP contribution in [0.3, 0.4) is 0 Å². The summed E-state index contributed by atoms with van der Waals surface area (Å²) in [7, 11) is 0. The number of halogens is 4. The standard InChI is InChI=1S/C51H55ClF3NO6/c1-46-20-17-36(57)26-48(46)23-24-50(39(27-48)45(59)42-16-15-41(62-42)38-25-35(51(53,54)55)13-14-40(38)52)43(46)18-21-47(2)44(50)19-22-49(47,60)32-56(28-33-9-5-3-6-10-33)29-37(58)31-61-30-34-11-7-4-8-12-34/h3-16,23-25,27,36-37,43-44,57-58,60H,17-22,26,28-32H2,1-2H3. The van der Waals surface area contributed by atoms with Crippen molar-refractivity contribution in [2.45, 2.75) is 95.9 Å². The second kappa shape index (κ2) is 15.9. The summed E-state index contributed by atoms with van der Waals surface area (Å²) < 4.78 is 53.4. The van der Waals surface area contributed by atoms with Crippen LogP contribution in [0.15, 0.2) is 119 Å². The fourth-order valence-electron chi connectivity index (χ4n) is 12.9. The number of hydrogen-bond donors (Lipinski definition) is 3. The molecule has 3 aromatic carbocycles. The molecule has 6 aliphatic carbocycles. The lowest BCUT2D eigenvalue weighted by molar-refractivity contribution is -0.177. The molecule has 3 saturated carbocycles. The second-order valence-corrected chi connectivity index (χ2v) is 19.7. The fraction of sp³-hybridized carbons (Fsp3) is 0.471. The monoisotopic (exact) mass is 869 g/mol. The molecule has 328 valence electrons. The third-order valence-corrected chi connectivity index (χ3v) is 16.3. The van der Waals surface area contributed by atoms with Crippen molar-refractivity contribution in [2.24, 2.45) is 33.5 Å². The van der Waals surface area contributed by atoms with Crippen LogP contribution in [0.1, 0.15) is 86.0 Å². The number of ketones is 1. The molecule has 1 heterocycles. The van der Waals surface area contributed by atoms with E-state index in [0.29, 0.717) is 51.0 Å². The van der Waals surface area contributed by atoms with Gasteiger partial charge in [0.25, 0.3) is 0 Å². The van der Waals surface area contributed by atoms with Gasteiger partial charge in [0.05, 0.1) is 41.6 Å². The number of rotatable bonds is 13. The zero-order valence-electron chi connectivity index (χ0n) is 35.2. The van der Waals surface area contributed by atoms with Gasteiger partial charge in [0.2, 0.25) is 5.78 Å². The minimum absolute atomic E-state index is 0.00121. The molecule has 4 aromatic rings. The number of allylic oxidation sites excluding steroid dienone is 4. The first-order chi connectivity index (χ1) is 29.5. The zero-order valence-corrected chi connectivity index (χ0v) is 36.0. The number of Topliss-reactive ketones (excluding diaryl/α,β-unsaturated/α-hetero) is 1. The van der Waals surface area contributed by atoms with Crippen LogP contribution in [0.2, 0.25) is 5.02 Å². The Hall–Kier alpha value is -4.03. The molecular weight excluding hydrogens is 815 g/mol. The van der Waals surface area contributed by atoms with E-state index in [1.807, 2.05) is 60.7 Å². The number of carbonyl (C=O) groups excluding carboxylic acids is 1. The quantitative estimate of drug-likeness (QED) is 0.0908. The minimum Gasteiger partial charge on any atom is -0.453 e. The van der Waals surface area contributed by atoms with Gasteiger partial charge in [-0.05, 0) is 104 Å². The lowest BCUT2D eigenvalue weighted by atomic mass is 9.32. The van der Waals surface area contributed by atoms with Gasteiger partial charge in [-0.25, -0.2) is 0 Å². The molecule has 2 spiro atoms. The van der Waals surface area contributed by atoms with E-state index in [4.69, 9.17) is 20.8 Å². The van der Waals surface area contributed by atoms with E-state index in [1.165, 1.54) is 18.2 Å². The number of hydrogen-bond acceptors (Lipinski definition) is 7. The molecule has 3 fully saturated rings. The van der Waals surface area contributed by atoms with Crippen LogP contribution in [-0.4, -0.2) is 63.5 Å². The Kier molecular flexibility index (Phi) is 11.1. The predicted octanol–water partition coefficient (Wildman–Crippen LogP) is 10.5. The third-order valence-electron chi connectivity index (χ3n) is 16.0. The Morgan fingerprint density at radius 3 is 2.31 bits per heavy atom. The van der Waals surface area contributed by atoms with Gasteiger partial charge < -0.3 is 24.5 Å². The number of ether oxygens (including phenoxy) is 1. The number of alkyl halides is 3. The van der Waals surface area contributed by atoms with Crippen LogP contribution in [0.5, 0.6) is 0 Å². The molecule has 11 heteroatoms. The van der Waals surface area contributed by atoms with Crippen molar-refractivity contribution in [3.05, 3.63) is 142 Å². The third kappa shape index (κ3) is 7.13. The Bertz CT molecular complexity index is 2370. The smallest absolute Gasteiger partial charge is 0.416 e. The molecule has 3 N–H and O–H groups in total. The van der Waals surface area contributed by atoms with Gasteiger partial charge in [0, 0.05) is 47.0 Å². The fourth-order valence-corrected chi connectivity index (χ4v) is 13.1. The Morgan fingerprint density at radius 2 is 1.58 bits per heavy atom. The van der Waals surface area contributed by atoms with E-state index in [-0.39, 0.29) is 58.3 Å². The van der Waals surface area contributed by atoms with E-state index < -0.39 is 45.8 Å². The van der Waals surface area contributed by atoms with Crippen molar-refractivity contribution in [3.8, 4) is 11.3 Å². The highest BCUT2D eigenvalue weighted by atomic mass is 35.5. The van der Waals surface area contributed by atoms with Crippen molar-refractivity contribution in [1.29, 1.82) is 0 Å². The summed E-state index contributed by atoms with van der Waals surface area (Å²) in [5.74, 6) is -0.424. The molecule has 2 bridgehead atoms. The van der Waals surface area contributed by atoms with Crippen molar-refractivity contribution in [3.63, 3.8) is 0 Å². The predicted molar refractivity (Wildman–Crippen MR) is 231 cm³/mol. The van der Waals surface area contributed by atoms with Gasteiger partial charge in [-0.1, -0.05) is 104 Å². The van der Waals surface area contributed by atoms with Crippen molar-refractivity contribution in [2.75, 3.05) is 19.7 Å². The average molecular weight is 870 g/mol. The summed E-state index contributed by atoms with van der Waals surface area (Å²) >= 11 is 6.42. The molecule has 9 atom stereocenters. The molecule has 1 aromatic heterocycles. The van der Waals surface area contributed by atoms with Crippen LogP contribution in [0.25, 0.3) is 11.3 Å². The van der Waals surface area contributed by atoms with Crippen LogP contribution in [-0.2, 0) is 24.1 Å². The molecule has 0 amide bonds. The Balaban J connectivity index is 1.05. The number of nitrogens with zero attached hydrogens (tertiary/aromatic N) is 1. The van der Waals surface area contributed by atoms with E-state index in [1.54, 1.807) is 0 Å². The van der Waals surface area contributed by atoms with E-state index in [0.717, 1.165) is 42.5 Å². The Morgan fingerprint density at radius 1 is 0.903 bits per heavy atom. The van der Waals surface area contributed by atoms with Crippen molar-refractivity contribution in [1.82, 2.24) is 4.90 Å². The van der Waals surface area contributed by atoms with E-state index >= 15 is 4.79 Å². The summed E-state index contributed by atoms with van der Waals surface area (Å²) in [6.07, 6.45) is 5.13. The van der Waals surface area contributed by atoms with Crippen molar-refractivity contribution < 1.29 is 42.4 Å². The SMILES string of the molecule is CC12CCC(O)CC13C=CC1(C(C(=O)c4ccc(-c5cc(C(F)(F)F)ccc5Cl)o4)=C3)C2CCC2(C)C1CCC2(O)CN(Cc1ccccc1)CC(O)COCc1ccccc1. The summed E-state index contributed by atoms with van der Waals surface area (Å²) in [5.41, 5.74) is -1.68. The summed E-state index contributed by atoms with van der Waals surface area (Å²) in [5, 5.41) is 35.8. The lowest BCUT2D eigenvalue weighted by Crippen LogP contribution is -2.67. The summed E-state index contributed by atoms with van der Waals surface area (Å²) in [4.78, 5) is 17.3.